The fourth-order valence-corrected chi connectivity index (χ4v) is 3.29. The van der Waals surface area contributed by atoms with Crippen LogP contribution in [0.2, 0.25) is 0 Å². The third-order valence-electron chi connectivity index (χ3n) is 4.81. The molecule has 1 heterocycles. The molecular formula is C18H22N4O3. The first-order valence-corrected chi connectivity index (χ1v) is 8.55. The molecular weight excluding hydrogens is 320 g/mol. The Kier molecular flexibility index (Phi) is 5.11. The Morgan fingerprint density at radius 3 is 2.56 bits per heavy atom. The number of carbonyl (C=O) groups excluding carboxylic acids is 1. The molecule has 2 aromatic rings. The van der Waals surface area contributed by atoms with Gasteiger partial charge in [-0.2, -0.15) is 0 Å². The first kappa shape index (κ1) is 17.1. The molecule has 1 saturated carbocycles. The van der Waals surface area contributed by atoms with Crippen molar-refractivity contribution in [3.63, 3.8) is 0 Å². The SMILES string of the molecule is O=C(NCC1(C(=O)O)CCCCC1)c1cn(Cc2ccccc2)nn1. The van der Waals surface area contributed by atoms with Crippen LogP contribution >= 0.6 is 0 Å². The molecule has 1 aromatic heterocycles. The summed E-state index contributed by atoms with van der Waals surface area (Å²) in [5, 5.41) is 20.2. The summed E-state index contributed by atoms with van der Waals surface area (Å²) in [4.78, 5) is 23.9. The molecule has 25 heavy (non-hydrogen) atoms. The van der Waals surface area contributed by atoms with Crippen molar-refractivity contribution in [1.29, 1.82) is 0 Å². The van der Waals surface area contributed by atoms with Crippen molar-refractivity contribution in [2.45, 2.75) is 38.6 Å². The molecule has 0 spiro atoms. The minimum atomic E-state index is -0.853. The molecule has 2 N–H and O–H groups in total. The second kappa shape index (κ2) is 7.46. The van der Waals surface area contributed by atoms with Crippen molar-refractivity contribution in [3.8, 4) is 0 Å². The van der Waals surface area contributed by atoms with E-state index in [1.54, 1.807) is 10.9 Å². The Labute approximate surface area is 146 Å². The highest BCUT2D eigenvalue weighted by Crippen LogP contribution is 2.36. The van der Waals surface area contributed by atoms with Crippen molar-refractivity contribution in [2.24, 2.45) is 5.41 Å². The minimum Gasteiger partial charge on any atom is -0.481 e. The van der Waals surface area contributed by atoms with Gasteiger partial charge in [0.2, 0.25) is 0 Å². The molecule has 7 heteroatoms. The van der Waals surface area contributed by atoms with Gasteiger partial charge in [-0.25, -0.2) is 4.68 Å². The zero-order valence-electron chi connectivity index (χ0n) is 14.0. The molecule has 7 nitrogen and oxygen atoms in total. The maximum absolute atomic E-state index is 12.3. The summed E-state index contributed by atoms with van der Waals surface area (Å²) in [5.74, 6) is -1.22. The Bertz CT molecular complexity index is 736. The van der Waals surface area contributed by atoms with E-state index in [-0.39, 0.29) is 18.1 Å². The number of aromatic nitrogens is 3. The minimum absolute atomic E-state index is 0.132. The van der Waals surface area contributed by atoms with E-state index >= 15 is 0 Å². The van der Waals surface area contributed by atoms with Crippen LogP contribution in [-0.2, 0) is 11.3 Å². The van der Waals surface area contributed by atoms with Crippen LogP contribution in [0.1, 0.15) is 48.2 Å². The number of carboxylic acids is 1. The summed E-state index contributed by atoms with van der Waals surface area (Å²) in [7, 11) is 0. The van der Waals surface area contributed by atoms with Gasteiger partial charge in [-0.05, 0) is 18.4 Å². The van der Waals surface area contributed by atoms with Crippen molar-refractivity contribution >= 4 is 11.9 Å². The summed E-state index contributed by atoms with van der Waals surface area (Å²) in [6.07, 6.45) is 5.60. The highest BCUT2D eigenvalue weighted by molar-refractivity contribution is 5.92. The van der Waals surface area contributed by atoms with Gasteiger partial charge in [-0.3, -0.25) is 9.59 Å². The van der Waals surface area contributed by atoms with Crippen molar-refractivity contribution in [2.75, 3.05) is 6.54 Å². The average Bonchev–Trinajstić information content (AvgIpc) is 3.10. The molecule has 0 atom stereocenters. The lowest BCUT2D eigenvalue weighted by Crippen LogP contribution is -2.44. The molecule has 1 amide bonds. The van der Waals surface area contributed by atoms with E-state index in [0.717, 1.165) is 24.8 Å². The highest BCUT2D eigenvalue weighted by atomic mass is 16.4. The predicted octanol–water partition coefficient (Wildman–Crippen LogP) is 2.09. The van der Waals surface area contributed by atoms with Gasteiger partial charge in [0.05, 0.1) is 18.2 Å². The van der Waals surface area contributed by atoms with Crippen LogP contribution in [0.25, 0.3) is 0 Å². The van der Waals surface area contributed by atoms with E-state index in [4.69, 9.17) is 0 Å². The van der Waals surface area contributed by atoms with Crippen molar-refractivity contribution in [3.05, 3.63) is 47.8 Å². The number of nitrogens with zero attached hydrogens (tertiary/aromatic N) is 3. The first-order chi connectivity index (χ1) is 12.1. The van der Waals surface area contributed by atoms with E-state index in [0.29, 0.717) is 19.4 Å². The topological polar surface area (TPSA) is 97.1 Å². The van der Waals surface area contributed by atoms with Gasteiger partial charge in [0.25, 0.3) is 5.91 Å². The number of hydrogen-bond acceptors (Lipinski definition) is 4. The first-order valence-electron chi connectivity index (χ1n) is 8.55. The number of aliphatic carboxylic acids is 1. The molecule has 3 rings (SSSR count). The Balaban J connectivity index is 1.61. The standard InChI is InChI=1S/C18H22N4O3/c23-16(19-13-18(17(24)25)9-5-2-6-10-18)15-12-22(21-20-15)11-14-7-3-1-4-8-14/h1,3-4,7-8,12H,2,5-6,9-11,13H2,(H,19,23)(H,24,25). The smallest absolute Gasteiger partial charge is 0.311 e. The summed E-state index contributed by atoms with van der Waals surface area (Å²) in [5.41, 5.74) is 0.409. The zero-order chi connectivity index (χ0) is 17.7. The molecule has 1 aliphatic rings. The van der Waals surface area contributed by atoms with E-state index < -0.39 is 11.4 Å². The van der Waals surface area contributed by atoms with Crippen LogP contribution in [0, 0.1) is 5.41 Å². The summed E-state index contributed by atoms with van der Waals surface area (Å²) < 4.78 is 1.60. The van der Waals surface area contributed by atoms with Gasteiger partial charge in [0.1, 0.15) is 0 Å². The van der Waals surface area contributed by atoms with Crippen LogP contribution in [-0.4, -0.2) is 38.5 Å². The maximum atomic E-state index is 12.3. The third kappa shape index (κ3) is 4.04. The van der Waals surface area contributed by atoms with Gasteiger partial charge in [-0.15, -0.1) is 5.10 Å². The molecule has 1 aliphatic carbocycles. The highest BCUT2D eigenvalue weighted by Gasteiger charge is 2.39. The van der Waals surface area contributed by atoms with E-state index in [9.17, 15) is 14.7 Å². The lowest BCUT2D eigenvalue weighted by molar-refractivity contribution is -0.150. The molecule has 0 unspecified atom stereocenters. The van der Waals surface area contributed by atoms with Gasteiger partial charge in [-0.1, -0.05) is 54.8 Å². The number of amides is 1. The fraction of sp³-hybridized carbons (Fsp3) is 0.444. The molecule has 0 bridgehead atoms. The number of carbonyl (C=O) groups is 2. The summed E-state index contributed by atoms with van der Waals surface area (Å²) in [6, 6.07) is 9.76. The van der Waals surface area contributed by atoms with Gasteiger partial charge < -0.3 is 10.4 Å². The van der Waals surface area contributed by atoms with Crippen LogP contribution in [0.4, 0.5) is 0 Å². The molecule has 0 radical (unpaired) electrons. The second-order valence-corrected chi connectivity index (χ2v) is 6.62. The van der Waals surface area contributed by atoms with E-state index in [2.05, 4.69) is 15.6 Å². The number of hydrogen-bond donors (Lipinski definition) is 2. The third-order valence-corrected chi connectivity index (χ3v) is 4.81. The van der Waals surface area contributed by atoms with E-state index in [1.807, 2.05) is 30.3 Å². The van der Waals surface area contributed by atoms with Crippen molar-refractivity contribution < 1.29 is 14.7 Å². The Hall–Kier alpha value is -2.70. The van der Waals surface area contributed by atoms with Crippen LogP contribution < -0.4 is 5.32 Å². The largest absolute Gasteiger partial charge is 0.481 e. The number of rotatable bonds is 6. The lowest BCUT2D eigenvalue weighted by Gasteiger charge is -2.33. The number of nitrogens with one attached hydrogen (secondary N) is 1. The Morgan fingerprint density at radius 2 is 1.88 bits per heavy atom. The molecule has 1 aromatic carbocycles. The molecule has 0 aliphatic heterocycles. The fourth-order valence-electron chi connectivity index (χ4n) is 3.29. The number of carboxylic acid groups (broad SMARTS) is 1. The maximum Gasteiger partial charge on any atom is 0.311 e. The normalized spacial score (nSPS) is 16.3. The van der Waals surface area contributed by atoms with E-state index in [1.165, 1.54) is 0 Å². The zero-order valence-corrected chi connectivity index (χ0v) is 14.0. The molecule has 1 fully saturated rings. The number of benzene rings is 1. The summed E-state index contributed by atoms with van der Waals surface area (Å²) in [6.45, 7) is 0.660. The predicted molar refractivity (Wildman–Crippen MR) is 91.1 cm³/mol. The molecule has 132 valence electrons. The van der Waals surface area contributed by atoms with Gasteiger partial charge in [0, 0.05) is 6.54 Å². The molecule has 0 saturated heterocycles. The quantitative estimate of drug-likeness (QED) is 0.838. The lowest BCUT2D eigenvalue weighted by atomic mass is 9.74. The van der Waals surface area contributed by atoms with Crippen LogP contribution in [0.15, 0.2) is 36.5 Å². The average molecular weight is 342 g/mol. The van der Waals surface area contributed by atoms with Gasteiger partial charge >= 0.3 is 5.97 Å². The van der Waals surface area contributed by atoms with Crippen LogP contribution in [0.5, 0.6) is 0 Å². The van der Waals surface area contributed by atoms with Gasteiger partial charge in [0.15, 0.2) is 5.69 Å². The van der Waals surface area contributed by atoms with Crippen molar-refractivity contribution in [1.82, 2.24) is 20.3 Å². The summed E-state index contributed by atoms with van der Waals surface area (Å²) >= 11 is 0. The Morgan fingerprint density at radius 1 is 1.16 bits per heavy atom. The monoisotopic (exact) mass is 342 g/mol. The second-order valence-electron chi connectivity index (χ2n) is 6.62. The van der Waals surface area contributed by atoms with Crippen LogP contribution in [0.3, 0.4) is 0 Å².